The molecule has 3 atom stereocenters. The van der Waals surface area contributed by atoms with Crippen LogP contribution in [0, 0.1) is 5.92 Å². The number of nitrogens with zero attached hydrogens (tertiary/aromatic N) is 3. The molecule has 2 fully saturated rings. The first-order valence-corrected chi connectivity index (χ1v) is 9.77. The Morgan fingerprint density at radius 3 is 3.00 bits per heavy atom. The smallest absolute Gasteiger partial charge is 0.227 e. The van der Waals surface area contributed by atoms with Gasteiger partial charge in [0, 0.05) is 50.4 Å². The first-order valence-electron chi connectivity index (χ1n) is 9.77. The number of amides is 1. The molecule has 2 aromatic rings. The first-order chi connectivity index (χ1) is 12.7. The monoisotopic (exact) mass is 386 g/mol. The molecule has 3 unspecified atom stereocenters. The van der Waals surface area contributed by atoms with Gasteiger partial charge in [0.2, 0.25) is 5.91 Å². The van der Waals surface area contributed by atoms with Gasteiger partial charge in [-0.2, -0.15) is 0 Å². The fraction of sp³-hybridized carbons (Fsp3) is 0.524. The van der Waals surface area contributed by atoms with Crippen molar-refractivity contribution in [2.45, 2.75) is 37.1 Å². The summed E-state index contributed by atoms with van der Waals surface area (Å²) in [5, 5.41) is 3.43. The predicted molar refractivity (Wildman–Crippen MR) is 107 cm³/mol. The van der Waals surface area contributed by atoms with Crippen LogP contribution in [0.3, 0.4) is 0 Å². The molecule has 1 N–H and O–H groups in total. The van der Waals surface area contributed by atoms with Crippen LogP contribution >= 0.6 is 12.4 Å². The Labute approximate surface area is 166 Å². The number of hydrogen-bond donors (Lipinski definition) is 1. The van der Waals surface area contributed by atoms with Crippen molar-refractivity contribution in [2.24, 2.45) is 13.0 Å². The van der Waals surface area contributed by atoms with Crippen molar-refractivity contribution in [1.82, 2.24) is 19.8 Å². The van der Waals surface area contributed by atoms with Crippen LogP contribution in [0.25, 0.3) is 0 Å². The van der Waals surface area contributed by atoms with Crippen molar-refractivity contribution in [1.29, 1.82) is 0 Å². The normalized spacial score (nSPS) is 29.1. The molecule has 2 heterocycles. The van der Waals surface area contributed by atoms with Crippen LogP contribution in [0.15, 0.2) is 36.7 Å². The highest BCUT2D eigenvalue weighted by Gasteiger charge is 2.61. The minimum Gasteiger partial charge on any atom is -0.336 e. The fourth-order valence-corrected chi connectivity index (χ4v) is 5.25. The Morgan fingerprint density at radius 2 is 2.19 bits per heavy atom. The van der Waals surface area contributed by atoms with E-state index in [0.717, 1.165) is 44.7 Å². The molecule has 6 heteroatoms. The van der Waals surface area contributed by atoms with E-state index in [1.807, 2.05) is 24.0 Å². The quantitative estimate of drug-likeness (QED) is 0.863. The number of piperazine rings is 1. The summed E-state index contributed by atoms with van der Waals surface area (Å²) in [7, 11) is 2.01. The SMILES string of the molecule is Cl.Cn1ccnc1C1CNCCN1C(=O)C1CC12CCCc1ccccc12. The first kappa shape index (κ1) is 18.5. The van der Waals surface area contributed by atoms with Gasteiger partial charge in [-0.15, -0.1) is 12.4 Å². The lowest BCUT2D eigenvalue weighted by molar-refractivity contribution is -0.136. The summed E-state index contributed by atoms with van der Waals surface area (Å²) in [6.07, 6.45) is 8.30. The van der Waals surface area contributed by atoms with E-state index in [4.69, 9.17) is 0 Å². The van der Waals surface area contributed by atoms with Gasteiger partial charge >= 0.3 is 0 Å². The number of rotatable bonds is 2. The number of carbonyl (C=O) groups is 1. The topological polar surface area (TPSA) is 50.2 Å². The van der Waals surface area contributed by atoms with Crippen molar-refractivity contribution < 1.29 is 4.79 Å². The van der Waals surface area contributed by atoms with Crippen LogP contribution in [0.5, 0.6) is 0 Å². The maximum Gasteiger partial charge on any atom is 0.227 e. The van der Waals surface area contributed by atoms with Gasteiger partial charge in [-0.05, 0) is 36.8 Å². The molecule has 1 amide bonds. The van der Waals surface area contributed by atoms with E-state index in [2.05, 4.69) is 39.5 Å². The molecule has 0 radical (unpaired) electrons. The third-order valence-electron chi connectivity index (χ3n) is 6.68. The lowest BCUT2D eigenvalue weighted by atomic mass is 9.78. The third kappa shape index (κ3) is 2.88. The van der Waals surface area contributed by atoms with E-state index >= 15 is 0 Å². The summed E-state index contributed by atoms with van der Waals surface area (Å²) in [6, 6.07) is 8.80. The number of nitrogens with one attached hydrogen (secondary N) is 1. The van der Waals surface area contributed by atoms with E-state index in [-0.39, 0.29) is 29.8 Å². The van der Waals surface area contributed by atoms with Crippen molar-refractivity contribution in [2.75, 3.05) is 19.6 Å². The van der Waals surface area contributed by atoms with Crippen LogP contribution in [-0.4, -0.2) is 40.0 Å². The molecular weight excluding hydrogens is 360 g/mol. The second-order valence-electron chi connectivity index (χ2n) is 8.07. The van der Waals surface area contributed by atoms with Crippen LogP contribution in [-0.2, 0) is 23.7 Å². The number of halogens is 1. The van der Waals surface area contributed by atoms with Crippen LogP contribution < -0.4 is 5.32 Å². The molecule has 5 rings (SSSR count). The molecule has 1 saturated carbocycles. The Bertz CT molecular complexity index is 850. The Kier molecular flexibility index (Phi) is 4.77. The number of fused-ring (bicyclic) bond motifs is 2. The van der Waals surface area contributed by atoms with E-state index in [9.17, 15) is 4.79 Å². The van der Waals surface area contributed by atoms with Gasteiger partial charge in [-0.25, -0.2) is 4.98 Å². The van der Waals surface area contributed by atoms with Crippen molar-refractivity contribution in [3.63, 3.8) is 0 Å². The van der Waals surface area contributed by atoms with Gasteiger partial charge in [-0.3, -0.25) is 4.79 Å². The van der Waals surface area contributed by atoms with Gasteiger partial charge in [0.1, 0.15) is 11.9 Å². The van der Waals surface area contributed by atoms with Gasteiger partial charge in [-0.1, -0.05) is 24.3 Å². The van der Waals surface area contributed by atoms with Gasteiger partial charge in [0.25, 0.3) is 0 Å². The van der Waals surface area contributed by atoms with Gasteiger partial charge in [0.15, 0.2) is 0 Å². The maximum absolute atomic E-state index is 13.5. The molecule has 1 aromatic carbocycles. The van der Waals surface area contributed by atoms with Crippen molar-refractivity contribution in [3.8, 4) is 0 Å². The summed E-state index contributed by atoms with van der Waals surface area (Å²) in [5.74, 6) is 1.45. The number of benzene rings is 1. The highest BCUT2D eigenvalue weighted by atomic mass is 35.5. The second kappa shape index (κ2) is 6.95. The molecule has 1 spiro atoms. The Hall–Kier alpha value is -1.85. The van der Waals surface area contributed by atoms with E-state index in [0.29, 0.717) is 5.91 Å². The highest BCUT2D eigenvalue weighted by Crippen LogP contribution is 2.61. The lowest BCUT2D eigenvalue weighted by Crippen LogP contribution is -2.50. The average molecular weight is 387 g/mol. The number of aromatic nitrogens is 2. The summed E-state index contributed by atoms with van der Waals surface area (Å²) < 4.78 is 2.04. The summed E-state index contributed by atoms with van der Waals surface area (Å²) >= 11 is 0. The molecule has 1 aromatic heterocycles. The van der Waals surface area contributed by atoms with E-state index < -0.39 is 0 Å². The molecular formula is C21H27ClN4O. The van der Waals surface area contributed by atoms with Gasteiger partial charge < -0.3 is 14.8 Å². The van der Waals surface area contributed by atoms with Crippen molar-refractivity contribution >= 4 is 18.3 Å². The Morgan fingerprint density at radius 1 is 1.33 bits per heavy atom. The maximum atomic E-state index is 13.5. The molecule has 1 aliphatic heterocycles. The fourth-order valence-electron chi connectivity index (χ4n) is 5.25. The number of hydrogen-bond acceptors (Lipinski definition) is 3. The van der Waals surface area contributed by atoms with Crippen molar-refractivity contribution in [3.05, 3.63) is 53.6 Å². The van der Waals surface area contributed by atoms with Crippen LogP contribution in [0.2, 0.25) is 0 Å². The standard InChI is InChI=1S/C21H26N4O.ClH/c1-24-11-10-23-19(24)18-14-22-9-12-25(18)20(26)17-13-21(17)8-4-6-15-5-2-3-7-16(15)21;/h2-3,5,7,10-11,17-18,22H,4,6,8-9,12-14H2,1H3;1H. The molecule has 0 bridgehead atoms. The van der Waals surface area contributed by atoms with E-state index in [1.165, 1.54) is 17.5 Å². The van der Waals surface area contributed by atoms with E-state index in [1.54, 1.807) is 0 Å². The average Bonchev–Trinajstić information content (AvgIpc) is 3.23. The summed E-state index contributed by atoms with van der Waals surface area (Å²) in [5.41, 5.74) is 2.99. The van der Waals surface area contributed by atoms with Crippen LogP contribution in [0.1, 0.15) is 42.3 Å². The minimum atomic E-state index is 0. The summed E-state index contributed by atoms with van der Waals surface area (Å²) in [4.78, 5) is 20.1. The predicted octanol–water partition coefficient (Wildman–Crippen LogP) is 2.61. The largest absolute Gasteiger partial charge is 0.336 e. The zero-order valence-electron chi connectivity index (χ0n) is 15.7. The van der Waals surface area contributed by atoms with Gasteiger partial charge in [0.05, 0.1) is 0 Å². The molecule has 144 valence electrons. The highest BCUT2D eigenvalue weighted by molar-refractivity contribution is 5.85. The molecule has 2 aliphatic carbocycles. The third-order valence-corrected chi connectivity index (χ3v) is 6.68. The second-order valence-corrected chi connectivity index (χ2v) is 8.07. The lowest BCUT2D eigenvalue weighted by Gasteiger charge is -2.37. The zero-order chi connectivity index (χ0) is 17.7. The zero-order valence-corrected chi connectivity index (χ0v) is 16.5. The molecule has 3 aliphatic rings. The van der Waals surface area contributed by atoms with Crippen LogP contribution in [0.4, 0.5) is 0 Å². The number of aryl methyl sites for hydroxylation is 2. The minimum absolute atomic E-state index is 0. The number of imidazole rings is 1. The molecule has 27 heavy (non-hydrogen) atoms. The molecule has 5 nitrogen and oxygen atoms in total. The number of carbonyl (C=O) groups excluding carboxylic acids is 1. The molecule has 1 saturated heterocycles. The Balaban J connectivity index is 0.00000180. The summed E-state index contributed by atoms with van der Waals surface area (Å²) in [6.45, 7) is 2.42.